The van der Waals surface area contributed by atoms with Crippen molar-refractivity contribution in [3.05, 3.63) is 64.7 Å². The van der Waals surface area contributed by atoms with Crippen molar-refractivity contribution < 1.29 is 19.2 Å². The molecule has 0 saturated carbocycles. The summed E-state index contributed by atoms with van der Waals surface area (Å²) in [6.45, 7) is 3.82. The predicted molar refractivity (Wildman–Crippen MR) is 125 cm³/mol. The molecule has 3 amide bonds. The third-order valence-corrected chi connectivity index (χ3v) is 6.98. The summed E-state index contributed by atoms with van der Waals surface area (Å²) in [6.07, 6.45) is -0.167. The van der Waals surface area contributed by atoms with E-state index in [2.05, 4.69) is 4.90 Å². The number of likely N-dealkylation sites (tertiary alicyclic amines) is 1. The molecule has 2 heterocycles. The van der Waals surface area contributed by atoms with Gasteiger partial charge in [0.25, 0.3) is 0 Å². The lowest BCUT2D eigenvalue weighted by Crippen LogP contribution is -2.51. The Morgan fingerprint density at radius 2 is 1.61 bits per heavy atom. The molecular weight excluding hydrogens is 442 g/mol. The zero-order valence-electron chi connectivity index (χ0n) is 18.7. The molecule has 172 valence electrons. The Labute approximate surface area is 197 Å². The fraction of sp³-hybridized carbons (Fsp3) is 0.360. The zero-order valence-corrected chi connectivity index (χ0v) is 19.5. The van der Waals surface area contributed by atoms with Crippen LogP contribution < -0.4 is 4.90 Å². The first kappa shape index (κ1) is 23.0. The van der Waals surface area contributed by atoms with E-state index in [1.165, 1.54) is 14.0 Å². The lowest BCUT2D eigenvalue weighted by Gasteiger charge is -2.38. The number of carbonyl (C=O) groups is 4. The molecule has 33 heavy (non-hydrogen) atoms. The molecular formula is C25H26ClN3O4. The number of rotatable bonds is 5. The summed E-state index contributed by atoms with van der Waals surface area (Å²) < 4.78 is 0. The van der Waals surface area contributed by atoms with Gasteiger partial charge in [-0.1, -0.05) is 29.8 Å². The highest BCUT2D eigenvalue weighted by atomic mass is 35.5. The zero-order chi connectivity index (χ0) is 23.8. The number of benzene rings is 2. The number of hydrogen-bond acceptors (Lipinski definition) is 5. The molecule has 1 atom stereocenters. The van der Waals surface area contributed by atoms with Crippen molar-refractivity contribution in [1.82, 2.24) is 9.80 Å². The maximum absolute atomic E-state index is 13.3. The fourth-order valence-electron chi connectivity index (χ4n) is 4.67. The standard InChI is InChI=1S/C25H26ClN3O4/c1-17(30)18-7-9-19(10-8-18)28-11-13-29(14-12-28)23(32)16-25(15-22(31)27(2)24(25)33)20-5-3-4-6-21(20)26/h3-10H,11-16H2,1-2H3/t25-/m0/s1. The number of nitrogens with zero attached hydrogens (tertiary/aromatic N) is 3. The van der Waals surface area contributed by atoms with Crippen LogP contribution in [0.1, 0.15) is 35.7 Å². The van der Waals surface area contributed by atoms with Gasteiger partial charge in [-0.2, -0.15) is 0 Å². The van der Waals surface area contributed by atoms with Crippen LogP contribution in [0, 0.1) is 0 Å². The number of anilines is 1. The van der Waals surface area contributed by atoms with Crippen LogP contribution in [0.2, 0.25) is 5.02 Å². The fourth-order valence-corrected chi connectivity index (χ4v) is 4.99. The third-order valence-electron chi connectivity index (χ3n) is 6.65. The third kappa shape index (κ3) is 4.25. The van der Waals surface area contributed by atoms with Gasteiger partial charge in [-0.25, -0.2) is 0 Å². The summed E-state index contributed by atoms with van der Waals surface area (Å²) in [5.74, 6) is -0.849. The smallest absolute Gasteiger partial charge is 0.240 e. The average Bonchev–Trinajstić information content (AvgIpc) is 3.03. The van der Waals surface area contributed by atoms with Crippen molar-refractivity contribution in [3.63, 3.8) is 0 Å². The van der Waals surface area contributed by atoms with Gasteiger partial charge in [0.2, 0.25) is 17.7 Å². The van der Waals surface area contributed by atoms with E-state index in [-0.39, 0.29) is 30.4 Å². The van der Waals surface area contributed by atoms with Crippen LogP contribution in [0.4, 0.5) is 5.69 Å². The summed E-state index contributed by atoms with van der Waals surface area (Å²) in [5.41, 5.74) is 0.906. The molecule has 0 bridgehead atoms. The summed E-state index contributed by atoms with van der Waals surface area (Å²) in [5, 5.41) is 0.376. The molecule has 2 aromatic rings. The van der Waals surface area contributed by atoms with Gasteiger partial charge < -0.3 is 9.80 Å². The minimum absolute atomic E-state index is 0.0231. The van der Waals surface area contributed by atoms with Gasteiger partial charge in [-0.05, 0) is 42.8 Å². The van der Waals surface area contributed by atoms with Crippen molar-refractivity contribution in [2.45, 2.75) is 25.2 Å². The Bertz CT molecular complexity index is 1110. The number of halogens is 1. The highest BCUT2D eigenvalue weighted by molar-refractivity contribution is 6.32. The molecule has 2 aliphatic heterocycles. The highest BCUT2D eigenvalue weighted by Crippen LogP contribution is 2.42. The lowest BCUT2D eigenvalue weighted by atomic mass is 9.75. The molecule has 0 radical (unpaired) electrons. The van der Waals surface area contributed by atoms with Crippen molar-refractivity contribution in [3.8, 4) is 0 Å². The maximum Gasteiger partial charge on any atom is 0.240 e. The van der Waals surface area contributed by atoms with Gasteiger partial charge in [0.15, 0.2) is 5.78 Å². The minimum atomic E-state index is -1.28. The van der Waals surface area contributed by atoms with Gasteiger partial charge in [0.1, 0.15) is 0 Å². The average molecular weight is 468 g/mol. The first-order chi connectivity index (χ1) is 15.7. The van der Waals surface area contributed by atoms with E-state index in [0.29, 0.717) is 42.3 Å². The molecule has 2 saturated heterocycles. The Morgan fingerprint density at radius 1 is 0.970 bits per heavy atom. The summed E-state index contributed by atoms with van der Waals surface area (Å²) >= 11 is 6.41. The Kier molecular flexibility index (Phi) is 6.26. The normalized spacial score (nSPS) is 21.0. The monoisotopic (exact) mass is 467 g/mol. The molecule has 8 heteroatoms. The van der Waals surface area contributed by atoms with Crippen LogP contribution in [0.25, 0.3) is 0 Å². The van der Waals surface area contributed by atoms with E-state index in [9.17, 15) is 19.2 Å². The van der Waals surface area contributed by atoms with Crippen molar-refractivity contribution >= 4 is 40.8 Å². The molecule has 0 aromatic heterocycles. The van der Waals surface area contributed by atoms with Crippen LogP contribution >= 0.6 is 11.6 Å². The highest BCUT2D eigenvalue weighted by Gasteiger charge is 2.53. The molecule has 2 aromatic carbocycles. The molecule has 0 spiro atoms. The minimum Gasteiger partial charge on any atom is -0.368 e. The molecule has 2 fully saturated rings. The second-order valence-corrected chi connectivity index (χ2v) is 9.05. The molecule has 2 aliphatic rings. The first-order valence-electron chi connectivity index (χ1n) is 10.9. The summed E-state index contributed by atoms with van der Waals surface area (Å²) in [7, 11) is 1.45. The summed E-state index contributed by atoms with van der Waals surface area (Å²) in [6, 6.07) is 14.4. The molecule has 0 aliphatic carbocycles. The van der Waals surface area contributed by atoms with E-state index < -0.39 is 11.3 Å². The van der Waals surface area contributed by atoms with E-state index in [4.69, 9.17) is 11.6 Å². The van der Waals surface area contributed by atoms with Gasteiger partial charge in [0.05, 0.1) is 5.41 Å². The Morgan fingerprint density at radius 3 is 2.15 bits per heavy atom. The van der Waals surface area contributed by atoms with Gasteiger partial charge in [-0.3, -0.25) is 24.1 Å². The van der Waals surface area contributed by atoms with Gasteiger partial charge >= 0.3 is 0 Å². The molecule has 4 rings (SSSR count). The number of piperazine rings is 1. The Hall–Kier alpha value is -3.19. The van der Waals surface area contributed by atoms with Gasteiger partial charge in [0, 0.05) is 62.3 Å². The number of ketones is 1. The van der Waals surface area contributed by atoms with Crippen molar-refractivity contribution in [2.75, 3.05) is 38.1 Å². The molecule has 0 N–H and O–H groups in total. The van der Waals surface area contributed by atoms with Crippen LogP contribution in [-0.2, 0) is 19.8 Å². The lowest BCUT2D eigenvalue weighted by molar-refractivity contribution is -0.141. The summed E-state index contributed by atoms with van der Waals surface area (Å²) in [4.78, 5) is 55.4. The van der Waals surface area contributed by atoms with Crippen molar-refractivity contribution in [1.29, 1.82) is 0 Å². The number of imide groups is 1. The second-order valence-electron chi connectivity index (χ2n) is 8.64. The SMILES string of the molecule is CC(=O)c1ccc(N2CCN(C(=O)C[C@]3(c4ccccc4Cl)CC(=O)N(C)C3=O)CC2)cc1. The largest absolute Gasteiger partial charge is 0.368 e. The quantitative estimate of drug-likeness (QED) is 0.499. The van der Waals surface area contributed by atoms with Crippen molar-refractivity contribution in [2.24, 2.45) is 0 Å². The number of carbonyl (C=O) groups excluding carboxylic acids is 4. The predicted octanol–water partition coefficient (Wildman–Crippen LogP) is 2.91. The van der Waals surface area contributed by atoms with E-state index >= 15 is 0 Å². The second kappa shape index (κ2) is 8.98. The molecule has 7 nitrogen and oxygen atoms in total. The van der Waals surface area contributed by atoms with Crippen LogP contribution in [0.5, 0.6) is 0 Å². The Balaban J connectivity index is 1.49. The maximum atomic E-state index is 13.3. The number of amides is 3. The van der Waals surface area contributed by atoms with E-state index in [1.54, 1.807) is 29.2 Å². The molecule has 0 unspecified atom stereocenters. The topological polar surface area (TPSA) is 78.0 Å². The van der Waals surface area contributed by atoms with Crippen LogP contribution in [-0.4, -0.2) is 66.5 Å². The van der Waals surface area contributed by atoms with Crippen LogP contribution in [0.15, 0.2) is 48.5 Å². The number of Topliss-reactive ketones (excluding diaryl/α,β-unsaturated/α-hetero) is 1. The van der Waals surface area contributed by atoms with Crippen LogP contribution in [0.3, 0.4) is 0 Å². The van der Waals surface area contributed by atoms with E-state index in [1.807, 2.05) is 24.3 Å². The number of hydrogen-bond donors (Lipinski definition) is 0. The number of likely N-dealkylation sites (N-methyl/N-ethyl adjacent to an activating group) is 1. The van der Waals surface area contributed by atoms with E-state index in [0.717, 1.165) is 10.6 Å². The first-order valence-corrected chi connectivity index (χ1v) is 11.3. The van der Waals surface area contributed by atoms with Gasteiger partial charge in [-0.15, -0.1) is 0 Å².